The number of nitrogens with one attached hydrogen (secondary N) is 3. The molecule has 3 N–H and O–H groups in total. The number of para-hydroxylation sites is 1. The molecule has 0 aliphatic heterocycles. The third-order valence-corrected chi connectivity index (χ3v) is 5.40. The lowest BCUT2D eigenvalue weighted by Gasteiger charge is -2.22. The van der Waals surface area contributed by atoms with Gasteiger partial charge in [-0.05, 0) is 54.7 Å². The van der Waals surface area contributed by atoms with Crippen molar-refractivity contribution in [2.45, 2.75) is 57.9 Å². The fraction of sp³-hybridized carbons (Fsp3) is 0.417. The van der Waals surface area contributed by atoms with E-state index in [4.69, 9.17) is 0 Å². The van der Waals surface area contributed by atoms with Crippen LogP contribution in [0.3, 0.4) is 0 Å². The first-order chi connectivity index (χ1) is 14.0. The smallest absolute Gasteiger partial charge is 0.251 e. The predicted octanol–water partition coefficient (Wildman–Crippen LogP) is 4.92. The lowest BCUT2D eigenvalue weighted by atomic mass is 9.95. The van der Waals surface area contributed by atoms with Gasteiger partial charge in [0.25, 0.3) is 5.91 Å². The second kappa shape index (κ2) is 10.1. The Bertz CT molecular complexity index is 824. The van der Waals surface area contributed by atoms with Crippen molar-refractivity contribution in [1.82, 2.24) is 5.32 Å². The summed E-state index contributed by atoms with van der Waals surface area (Å²) in [4.78, 5) is 24.7. The molecule has 29 heavy (non-hydrogen) atoms. The van der Waals surface area contributed by atoms with Crippen molar-refractivity contribution in [1.29, 1.82) is 0 Å². The normalized spacial score (nSPS) is 14.4. The highest BCUT2D eigenvalue weighted by molar-refractivity contribution is 5.96. The summed E-state index contributed by atoms with van der Waals surface area (Å²) in [6.45, 7) is 4.38. The second-order valence-electron chi connectivity index (χ2n) is 8.03. The number of anilines is 2. The summed E-state index contributed by atoms with van der Waals surface area (Å²) in [6.07, 6.45) is 5.79. The summed E-state index contributed by atoms with van der Waals surface area (Å²) >= 11 is 0. The summed E-state index contributed by atoms with van der Waals surface area (Å²) in [5.74, 6) is 0.218. The van der Waals surface area contributed by atoms with E-state index < -0.39 is 0 Å². The Balaban J connectivity index is 1.49. The van der Waals surface area contributed by atoms with Crippen LogP contribution in [-0.4, -0.2) is 24.4 Å². The van der Waals surface area contributed by atoms with Gasteiger partial charge in [-0.2, -0.15) is 0 Å². The topological polar surface area (TPSA) is 70.2 Å². The lowest BCUT2D eigenvalue weighted by Crippen LogP contribution is -2.36. The second-order valence-corrected chi connectivity index (χ2v) is 8.03. The molecule has 1 fully saturated rings. The van der Waals surface area contributed by atoms with Crippen LogP contribution in [0.25, 0.3) is 0 Å². The molecule has 1 saturated carbocycles. The molecule has 1 aliphatic carbocycles. The van der Waals surface area contributed by atoms with Gasteiger partial charge in [-0.15, -0.1) is 0 Å². The van der Waals surface area contributed by atoms with Crippen molar-refractivity contribution in [3.63, 3.8) is 0 Å². The highest BCUT2D eigenvalue weighted by atomic mass is 16.2. The van der Waals surface area contributed by atoms with Crippen LogP contribution in [0.5, 0.6) is 0 Å². The molecule has 2 amide bonds. The minimum Gasteiger partial charge on any atom is -0.376 e. The molecule has 0 atom stereocenters. The van der Waals surface area contributed by atoms with Crippen LogP contribution in [0.2, 0.25) is 0 Å². The standard InChI is InChI=1S/C24H31N3O2/c1-17(2)21-10-6-7-11-22(21)27-23(28)16-25-19-14-12-18(13-15-19)24(29)26-20-8-4-3-5-9-20/h6-7,10-15,17,20,25H,3-5,8-9,16H2,1-2H3,(H,26,29)(H,27,28). The number of carbonyl (C=O) groups excluding carboxylic acids is 2. The molecule has 0 radical (unpaired) electrons. The molecule has 1 aliphatic rings. The van der Waals surface area contributed by atoms with Gasteiger partial charge < -0.3 is 16.0 Å². The molecule has 5 nitrogen and oxygen atoms in total. The van der Waals surface area contributed by atoms with Gasteiger partial charge in [0.1, 0.15) is 0 Å². The van der Waals surface area contributed by atoms with Gasteiger partial charge in [0, 0.05) is 23.0 Å². The van der Waals surface area contributed by atoms with Crippen LogP contribution in [0.4, 0.5) is 11.4 Å². The highest BCUT2D eigenvalue weighted by Gasteiger charge is 2.16. The minimum absolute atomic E-state index is 0.0218. The zero-order valence-electron chi connectivity index (χ0n) is 17.3. The van der Waals surface area contributed by atoms with Crippen LogP contribution in [0.1, 0.15) is 67.8 Å². The summed E-state index contributed by atoms with van der Waals surface area (Å²) in [6, 6.07) is 15.4. The maximum absolute atomic E-state index is 12.4. The van der Waals surface area contributed by atoms with Crippen molar-refractivity contribution in [2.24, 2.45) is 0 Å². The fourth-order valence-electron chi connectivity index (χ4n) is 3.75. The van der Waals surface area contributed by atoms with E-state index in [0.29, 0.717) is 17.5 Å². The molecule has 2 aromatic rings. The first-order valence-electron chi connectivity index (χ1n) is 10.6. The minimum atomic E-state index is -0.0998. The van der Waals surface area contributed by atoms with E-state index in [1.54, 1.807) is 12.1 Å². The predicted molar refractivity (Wildman–Crippen MR) is 118 cm³/mol. The van der Waals surface area contributed by atoms with Crippen molar-refractivity contribution >= 4 is 23.2 Å². The maximum Gasteiger partial charge on any atom is 0.251 e. The maximum atomic E-state index is 12.4. The first kappa shape index (κ1) is 20.9. The molecule has 0 heterocycles. The molecular formula is C24H31N3O2. The van der Waals surface area contributed by atoms with Gasteiger partial charge >= 0.3 is 0 Å². The summed E-state index contributed by atoms with van der Waals surface area (Å²) < 4.78 is 0. The zero-order chi connectivity index (χ0) is 20.6. The Labute approximate surface area is 173 Å². The van der Waals surface area contributed by atoms with E-state index in [2.05, 4.69) is 29.8 Å². The van der Waals surface area contributed by atoms with Crippen LogP contribution in [-0.2, 0) is 4.79 Å². The van der Waals surface area contributed by atoms with E-state index in [-0.39, 0.29) is 18.4 Å². The van der Waals surface area contributed by atoms with Gasteiger partial charge in [-0.1, -0.05) is 51.3 Å². The molecule has 0 saturated heterocycles. The number of benzene rings is 2. The highest BCUT2D eigenvalue weighted by Crippen LogP contribution is 2.23. The Hall–Kier alpha value is -2.82. The molecule has 0 unspecified atom stereocenters. The van der Waals surface area contributed by atoms with Crippen LogP contribution in [0.15, 0.2) is 48.5 Å². The van der Waals surface area contributed by atoms with Crippen molar-refractivity contribution in [3.05, 3.63) is 59.7 Å². The molecular weight excluding hydrogens is 362 g/mol. The summed E-state index contributed by atoms with van der Waals surface area (Å²) in [5, 5.41) is 9.21. The molecule has 0 bridgehead atoms. The Morgan fingerprint density at radius 1 is 0.966 bits per heavy atom. The average Bonchev–Trinajstić information content (AvgIpc) is 2.73. The van der Waals surface area contributed by atoms with E-state index in [1.165, 1.54) is 19.3 Å². The molecule has 2 aromatic carbocycles. The van der Waals surface area contributed by atoms with E-state index >= 15 is 0 Å². The molecule has 5 heteroatoms. The Morgan fingerprint density at radius 2 is 1.66 bits per heavy atom. The summed E-state index contributed by atoms with van der Waals surface area (Å²) in [7, 11) is 0. The molecule has 0 aromatic heterocycles. The third kappa shape index (κ3) is 6.08. The molecule has 154 valence electrons. The van der Waals surface area contributed by atoms with Crippen LogP contribution < -0.4 is 16.0 Å². The SMILES string of the molecule is CC(C)c1ccccc1NC(=O)CNc1ccc(C(=O)NC2CCCCC2)cc1. The van der Waals surface area contributed by atoms with Crippen molar-refractivity contribution in [3.8, 4) is 0 Å². The fourth-order valence-corrected chi connectivity index (χ4v) is 3.75. The molecule has 0 spiro atoms. The van der Waals surface area contributed by atoms with Gasteiger partial charge in [-0.25, -0.2) is 0 Å². The summed E-state index contributed by atoms with van der Waals surface area (Å²) in [5.41, 5.74) is 3.43. The number of rotatable bonds is 7. The zero-order valence-corrected chi connectivity index (χ0v) is 17.3. The first-order valence-corrected chi connectivity index (χ1v) is 10.6. The number of hydrogen-bond acceptors (Lipinski definition) is 3. The van der Waals surface area contributed by atoms with Gasteiger partial charge in [0.05, 0.1) is 6.54 Å². The lowest BCUT2D eigenvalue weighted by molar-refractivity contribution is -0.114. The van der Waals surface area contributed by atoms with Crippen molar-refractivity contribution in [2.75, 3.05) is 17.2 Å². The quantitative estimate of drug-likeness (QED) is 0.625. The monoisotopic (exact) mass is 393 g/mol. The third-order valence-electron chi connectivity index (χ3n) is 5.40. The van der Waals surface area contributed by atoms with Gasteiger partial charge in [-0.3, -0.25) is 9.59 Å². The van der Waals surface area contributed by atoms with Crippen LogP contribution in [0, 0.1) is 0 Å². The number of carbonyl (C=O) groups is 2. The van der Waals surface area contributed by atoms with E-state index in [1.807, 2.05) is 36.4 Å². The largest absolute Gasteiger partial charge is 0.376 e. The number of amides is 2. The van der Waals surface area contributed by atoms with Crippen molar-refractivity contribution < 1.29 is 9.59 Å². The van der Waals surface area contributed by atoms with Crippen LogP contribution >= 0.6 is 0 Å². The number of hydrogen-bond donors (Lipinski definition) is 3. The molecule has 3 rings (SSSR count). The Morgan fingerprint density at radius 3 is 2.34 bits per heavy atom. The van der Waals surface area contributed by atoms with E-state index in [0.717, 1.165) is 29.8 Å². The average molecular weight is 394 g/mol. The van der Waals surface area contributed by atoms with E-state index in [9.17, 15) is 9.59 Å². The van der Waals surface area contributed by atoms with Gasteiger partial charge in [0.2, 0.25) is 5.91 Å². The Kier molecular flexibility index (Phi) is 7.28. The van der Waals surface area contributed by atoms with Gasteiger partial charge in [0.15, 0.2) is 0 Å².